The van der Waals surface area contributed by atoms with Gasteiger partial charge in [-0.25, -0.2) is 0 Å². The topological polar surface area (TPSA) is 202 Å². The molecule has 1 aliphatic heterocycles. The smallest absolute Gasteiger partial charge is 0.320 e. The molecule has 0 aromatic carbocycles. The van der Waals surface area contributed by atoms with Crippen molar-refractivity contribution in [1.82, 2.24) is 5.32 Å². The first-order valence-corrected chi connectivity index (χ1v) is 9.15. The van der Waals surface area contributed by atoms with E-state index in [4.69, 9.17) is 32.5 Å². The number of aliphatic carboxylic acids is 3. The molecule has 0 amide bonds. The van der Waals surface area contributed by atoms with Gasteiger partial charge < -0.3 is 37.8 Å². The quantitative estimate of drug-likeness (QED) is 0.257. The first-order valence-electron chi connectivity index (χ1n) is 9.15. The Morgan fingerprint density at radius 1 is 1.04 bits per heavy atom. The molecule has 27 heavy (non-hydrogen) atoms. The Balaban J connectivity index is 0. The van der Waals surface area contributed by atoms with Crippen LogP contribution in [0.3, 0.4) is 0 Å². The summed E-state index contributed by atoms with van der Waals surface area (Å²) in [5, 5.41) is 27.8. The summed E-state index contributed by atoms with van der Waals surface area (Å²) in [6.07, 6.45) is 4.50. The van der Waals surface area contributed by atoms with Gasteiger partial charge in [0.25, 0.3) is 0 Å². The molecule has 1 saturated heterocycles. The minimum absolute atomic E-state index is 0.269. The van der Waals surface area contributed by atoms with Crippen molar-refractivity contribution < 1.29 is 29.7 Å². The van der Waals surface area contributed by atoms with Gasteiger partial charge in [-0.1, -0.05) is 20.3 Å². The van der Waals surface area contributed by atoms with Gasteiger partial charge in [0.1, 0.15) is 18.1 Å². The standard InChI is InChI=1S/C6H14N2O2.C6H13NO2.C5H9NO2/c7-4-2-1-3-5(8)6(9)10;1-4(2)3-5(7)6(8)9;7-5(8)4-2-1-3-6-4/h5H,1-4,7-8H2,(H,9,10);4-5H,3,7H2,1-2H3,(H,8,9);4,6H,1-3H2,(H,7,8)/t;;4-/m..0/s1. The molecule has 1 heterocycles. The molecule has 1 aliphatic rings. The maximum atomic E-state index is 10.1. The van der Waals surface area contributed by atoms with E-state index in [0.29, 0.717) is 25.3 Å². The summed E-state index contributed by atoms with van der Waals surface area (Å²) in [6, 6.07) is -1.67. The van der Waals surface area contributed by atoms with E-state index in [9.17, 15) is 14.4 Å². The summed E-state index contributed by atoms with van der Waals surface area (Å²) >= 11 is 0. The lowest BCUT2D eigenvalue weighted by atomic mass is 10.1. The van der Waals surface area contributed by atoms with Crippen LogP contribution in [-0.2, 0) is 14.4 Å². The minimum Gasteiger partial charge on any atom is -0.480 e. The average molecular weight is 392 g/mol. The van der Waals surface area contributed by atoms with E-state index in [2.05, 4.69) is 5.32 Å². The highest BCUT2D eigenvalue weighted by Crippen LogP contribution is 2.03. The van der Waals surface area contributed by atoms with Crippen LogP contribution in [0.4, 0.5) is 0 Å². The Hall–Kier alpha value is -1.75. The Labute approximate surface area is 160 Å². The van der Waals surface area contributed by atoms with Crippen LogP contribution < -0.4 is 22.5 Å². The molecule has 160 valence electrons. The monoisotopic (exact) mass is 392 g/mol. The van der Waals surface area contributed by atoms with Gasteiger partial charge in [-0.3, -0.25) is 14.4 Å². The molecule has 10 heteroatoms. The van der Waals surface area contributed by atoms with E-state index >= 15 is 0 Å². The van der Waals surface area contributed by atoms with E-state index in [0.717, 1.165) is 32.2 Å². The molecule has 0 aromatic heterocycles. The highest BCUT2D eigenvalue weighted by atomic mass is 16.4. The fraction of sp³-hybridized carbons (Fsp3) is 0.824. The zero-order valence-corrected chi connectivity index (χ0v) is 16.3. The second kappa shape index (κ2) is 16.4. The first-order chi connectivity index (χ1) is 12.5. The van der Waals surface area contributed by atoms with Crippen molar-refractivity contribution in [1.29, 1.82) is 0 Å². The molecule has 3 atom stereocenters. The van der Waals surface area contributed by atoms with Crippen molar-refractivity contribution in [2.75, 3.05) is 13.1 Å². The third-order valence-corrected chi connectivity index (χ3v) is 3.69. The second-order valence-corrected chi connectivity index (χ2v) is 6.79. The van der Waals surface area contributed by atoms with Crippen molar-refractivity contribution in [3.63, 3.8) is 0 Å². The van der Waals surface area contributed by atoms with Crippen LogP contribution in [0.25, 0.3) is 0 Å². The number of nitrogens with two attached hydrogens (primary N) is 3. The van der Waals surface area contributed by atoms with Crippen LogP contribution >= 0.6 is 0 Å². The molecule has 0 radical (unpaired) electrons. The summed E-state index contributed by atoms with van der Waals surface area (Å²) in [5.41, 5.74) is 15.6. The number of carboxylic acids is 3. The van der Waals surface area contributed by atoms with Gasteiger partial charge >= 0.3 is 17.9 Å². The molecule has 0 saturated carbocycles. The number of carbonyl (C=O) groups is 3. The van der Waals surface area contributed by atoms with Crippen molar-refractivity contribution in [3.8, 4) is 0 Å². The third-order valence-electron chi connectivity index (χ3n) is 3.69. The Bertz CT molecular complexity index is 428. The van der Waals surface area contributed by atoms with Crippen molar-refractivity contribution in [3.05, 3.63) is 0 Å². The second-order valence-electron chi connectivity index (χ2n) is 6.79. The van der Waals surface area contributed by atoms with Gasteiger partial charge in [0.15, 0.2) is 0 Å². The Kier molecular flexibility index (Phi) is 16.7. The van der Waals surface area contributed by atoms with Gasteiger partial charge in [0, 0.05) is 0 Å². The van der Waals surface area contributed by atoms with E-state index < -0.39 is 30.0 Å². The summed E-state index contributed by atoms with van der Waals surface area (Å²) in [4.78, 5) is 30.4. The van der Waals surface area contributed by atoms with Crippen molar-refractivity contribution in [2.45, 2.75) is 70.5 Å². The van der Waals surface area contributed by atoms with Crippen LogP contribution in [0.1, 0.15) is 52.4 Å². The maximum absolute atomic E-state index is 10.1. The Morgan fingerprint density at radius 2 is 1.59 bits per heavy atom. The fourth-order valence-corrected chi connectivity index (χ4v) is 2.14. The lowest BCUT2D eigenvalue weighted by molar-refractivity contribution is -0.139. The predicted molar refractivity (Wildman–Crippen MR) is 102 cm³/mol. The van der Waals surface area contributed by atoms with Crippen LogP contribution in [0.5, 0.6) is 0 Å². The number of rotatable bonds is 9. The number of hydrogen-bond acceptors (Lipinski definition) is 7. The number of unbranched alkanes of at least 4 members (excludes halogenated alkanes) is 1. The first kappa shape index (κ1) is 27.5. The molecular formula is C17H36N4O6. The average Bonchev–Trinajstić information content (AvgIpc) is 3.10. The van der Waals surface area contributed by atoms with E-state index in [1.165, 1.54) is 0 Å². The van der Waals surface area contributed by atoms with Crippen LogP contribution in [0.2, 0.25) is 0 Å². The van der Waals surface area contributed by atoms with Gasteiger partial charge in [0.05, 0.1) is 0 Å². The van der Waals surface area contributed by atoms with Crippen molar-refractivity contribution in [2.24, 2.45) is 23.1 Å². The molecule has 2 unspecified atom stereocenters. The summed E-state index contributed by atoms with van der Waals surface area (Å²) < 4.78 is 0. The zero-order chi connectivity index (χ0) is 21.4. The molecule has 0 bridgehead atoms. The molecule has 1 fully saturated rings. The summed E-state index contributed by atoms with van der Waals surface area (Å²) in [7, 11) is 0. The Morgan fingerprint density at radius 3 is 1.85 bits per heavy atom. The maximum Gasteiger partial charge on any atom is 0.320 e. The van der Waals surface area contributed by atoms with Crippen LogP contribution in [0.15, 0.2) is 0 Å². The third kappa shape index (κ3) is 17.4. The largest absolute Gasteiger partial charge is 0.480 e. The fourth-order valence-electron chi connectivity index (χ4n) is 2.14. The normalized spacial score (nSPS) is 17.8. The van der Waals surface area contributed by atoms with E-state index in [1.807, 2.05) is 13.8 Å². The summed E-state index contributed by atoms with van der Waals surface area (Å²) in [6.45, 7) is 5.36. The zero-order valence-electron chi connectivity index (χ0n) is 16.3. The van der Waals surface area contributed by atoms with E-state index in [1.54, 1.807) is 0 Å². The van der Waals surface area contributed by atoms with Crippen LogP contribution in [-0.4, -0.2) is 64.4 Å². The lowest BCUT2D eigenvalue weighted by Gasteiger charge is -2.07. The highest BCUT2D eigenvalue weighted by molar-refractivity contribution is 5.74. The number of nitrogens with one attached hydrogen (secondary N) is 1. The minimum atomic E-state index is -0.933. The van der Waals surface area contributed by atoms with Crippen molar-refractivity contribution >= 4 is 17.9 Å². The molecule has 10 nitrogen and oxygen atoms in total. The lowest BCUT2D eigenvalue weighted by Crippen LogP contribution is -2.31. The molecule has 1 rings (SSSR count). The molecule has 0 aromatic rings. The van der Waals surface area contributed by atoms with Gasteiger partial charge in [-0.2, -0.15) is 0 Å². The molecule has 10 N–H and O–H groups in total. The SMILES string of the molecule is CC(C)CC(N)C(=O)O.NCCCCC(N)C(=O)O.O=C(O)[C@@H]1CCCN1. The van der Waals surface area contributed by atoms with Gasteiger partial charge in [-0.05, 0) is 51.1 Å². The molecular weight excluding hydrogens is 356 g/mol. The highest BCUT2D eigenvalue weighted by Gasteiger charge is 2.20. The predicted octanol–water partition coefficient (Wildman–Crippen LogP) is -0.205. The molecule has 0 spiro atoms. The summed E-state index contributed by atoms with van der Waals surface area (Å²) in [5.74, 6) is -2.21. The number of hydrogen-bond donors (Lipinski definition) is 7. The molecule has 0 aliphatic carbocycles. The van der Waals surface area contributed by atoms with Crippen LogP contribution in [0, 0.1) is 5.92 Å². The number of carboxylic acid groups (broad SMARTS) is 3. The van der Waals surface area contributed by atoms with Gasteiger partial charge in [-0.15, -0.1) is 0 Å². The van der Waals surface area contributed by atoms with Gasteiger partial charge in [0.2, 0.25) is 0 Å². The van der Waals surface area contributed by atoms with E-state index in [-0.39, 0.29) is 6.04 Å².